The standard InChI is InChI=1S/C13H12ClN3.C2H6/c1-3-5-6-11(4-2)17-8-7-10-9-15-13(14)16-12(10)17;1-2/h3-9H,2H2,1H3;1-2H3/b5-3-,11-6+;. The molecule has 3 nitrogen and oxygen atoms in total. The van der Waals surface area contributed by atoms with Gasteiger partial charge in [-0.2, -0.15) is 4.98 Å². The number of allylic oxidation sites excluding steroid dienone is 5. The number of rotatable bonds is 3. The summed E-state index contributed by atoms with van der Waals surface area (Å²) in [4.78, 5) is 8.17. The topological polar surface area (TPSA) is 30.7 Å². The molecule has 0 amide bonds. The molecule has 0 spiro atoms. The Morgan fingerprint density at radius 3 is 2.79 bits per heavy atom. The van der Waals surface area contributed by atoms with Gasteiger partial charge in [-0.25, -0.2) is 4.98 Å². The molecule has 0 aliphatic rings. The fourth-order valence-electron chi connectivity index (χ4n) is 1.55. The zero-order valence-electron chi connectivity index (χ0n) is 11.5. The van der Waals surface area contributed by atoms with Gasteiger partial charge in [-0.15, -0.1) is 0 Å². The van der Waals surface area contributed by atoms with Crippen LogP contribution in [0.3, 0.4) is 0 Å². The van der Waals surface area contributed by atoms with Gasteiger partial charge in [0, 0.05) is 23.5 Å². The predicted octanol–water partition coefficient (Wildman–Crippen LogP) is 4.71. The molecule has 0 saturated carbocycles. The third kappa shape index (κ3) is 3.55. The molecule has 2 rings (SSSR count). The van der Waals surface area contributed by atoms with Crippen LogP contribution in [-0.4, -0.2) is 14.5 Å². The minimum Gasteiger partial charge on any atom is -0.301 e. The number of halogens is 1. The Kier molecular flexibility index (Phi) is 6.03. The quantitative estimate of drug-likeness (QED) is 0.600. The maximum atomic E-state index is 5.80. The summed E-state index contributed by atoms with van der Waals surface area (Å²) < 4.78 is 1.93. The predicted molar refractivity (Wildman–Crippen MR) is 83.2 cm³/mol. The first-order chi connectivity index (χ1) is 9.26. The summed E-state index contributed by atoms with van der Waals surface area (Å²) in [6.45, 7) is 9.76. The van der Waals surface area contributed by atoms with E-state index in [2.05, 4.69) is 16.5 Å². The molecular weight excluding hydrogens is 258 g/mol. The van der Waals surface area contributed by atoms with Crippen LogP contribution >= 0.6 is 11.6 Å². The second-order valence-electron chi connectivity index (χ2n) is 3.43. The van der Waals surface area contributed by atoms with Crippen molar-refractivity contribution in [2.75, 3.05) is 0 Å². The minimum atomic E-state index is 0.242. The lowest BCUT2D eigenvalue weighted by molar-refractivity contribution is 1.11. The van der Waals surface area contributed by atoms with Crippen LogP contribution in [0.2, 0.25) is 5.28 Å². The van der Waals surface area contributed by atoms with Gasteiger partial charge in [0.25, 0.3) is 0 Å². The first kappa shape index (κ1) is 15.2. The fourth-order valence-corrected chi connectivity index (χ4v) is 1.68. The summed E-state index contributed by atoms with van der Waals surface area (Å²) in [7, 11) is 0. The third-order valence-electron chi connectivity index (χ3n) is 2.34. The average Bonchev–Trinajstić information content (AvgIpc) is 2.85. The first-order valence-corrected chi connectivity index (χ1v) is 6.59. The Bertz CT molecular complexity index is 609. The molecule has 4 heteroatoms. The second kappa shape index (κ2) is 7.54. The van der Waals surface area contributed by atoms with Gasteiger partial charge in [0.1, 0.15) is 5.65 Å². The van der Waals surface area contributed by atoms with E-state index in [-0.39, 0.29) is 5.28 Å². The molecular formula is C15H18ClN3. The highest BCUT2D eigenvalue weighted by Crippen LogP contribution is 2.19. The van der Waals surface area contributed by atoms with Crippen LogP contribution in [0.25, 0.3) is 16.7 Å². The van der Waals surface area contributed by atoms with Gasteiger partial charge in [-0.1, -0.05) is 32.6 Å². The van der Waals surface area contributed by atoms with E-state index in [0.29, 0.717) is 0 Å². The summed E-state index contributed by atoms with van der Waals surface area (Å²) >= 11 is 5.80. The van der Waals surface area contributed by atoms with Crippen molar-refractivity contribution < 1.29 is 0 Å². The van der Waals surface area contributed by atoms with E-state index in [4.69, 9.17) is 11.6 Å². The molecule has 2 heterocycles. The Morgan fingerprint density at radius 2 is 2.16 bits per heavy atom. The van der Waals surface area contributed by atoms with E-state index in [0.717, 1.165) is 16.7 Å². The van der Waals surface area contributed by atoms with Crippen molar-refractivity contribution in [1.29, 1.82) is 0 Å². The summed E-state index contributed by atoms with van der Waals surface area (Å²) in [5, 5.41) is 1.19. The van der Waals surface area contributed by atoms with Gasteiger partial charge in [0.2, 0.25) is 5.28 Å². The van der Waals surface area contributed by atoms with Crippen molar-refractivity contribution in [1.82, 2.24) is 14.5 Å². The Labute approximate surface area is 118 Å². The fraction of sp³-hybridized carbons (Fsp3) is 0.200. The normalized spacial score (nSPS) is 11.5. The van der Waals surface area contributed by atoms with Crippen molar-refractivity contribution >= 4 is 28.3 Å². The number of hydrogen-bond acceptors (Lipinski definition) is 2. The second-order valence-corrected chi connectivity index (χ2v) is 3.76. The smallest absolute Gasteiger partial charge is 0.224 e. The lowest BCUT2D eigenvalue weighted by atomic mass is 10.3. The lowest BCUT2D eigenvalue weighted by Gasteiger charge is -2.04. The van der Waals surface area contributed by atoms with Crippen molar-refractivity contribution in [3.63, 3.8) is 0 Å². The first-order valence-electron chi connectivity index (χ1n) is 6.21. The van der Waals surface area contributed by atoms with E-state index >= 15 is 0 Å². The highest BCUT2D eigenvalue weighted by atomic mass is 35.5. The van der Waals surface area contributed by atoms with Gasteiger partial charge in [-0.3, -0.25) is 0 Å². The van der Waals surface area contributed by atoms with Crippen molar-refractivity contribution in [3.05, 3.63) is 54.6 Å². The Balaban J connectivity index is 0.000000861. The molecule has 0 saturated heterocycles. The molecule has 0 aliphatic heterocycles. The summed E-state index contributed by atoms with van der Waals surface area (Å²) in [6.07, 6.45) is 11.3. The van der Waals surface area contributed by atoms with Gasteiger partial charge in [-0.05, 0) is 36.7 Å². The van der Waals surface area contributed by atoms with Gasteiger partial charge in [0.05, 0.1) is 0 Å². The number of hydrogen-bond donors (Lipinski definition) is 0. The summed E-state index contributed by atoms with van der Waals surface area (Å²) in [5.74, 6) is 0. The zero-order chi connectivity index (χ0) is 14.3. The maximum absolute atomic E-state index is 5.80. The van der Waals surface area contributed by atoms with E-state index in [1.54, 1.807) is 12.3 Å². The minimum absolute atomic E-state index is 0.242. The molecule has 2 aromatic heterocycles. The molecule has 0 unspecified atom stereocenters. The van der Waals surface area contributed by atoms with Gasteiger partial charge in [0.15, 0.2) is 0 Å². The summed E-state index contributed by atoms with van der Waals surface area (Å²) in [6, 6.07) is 1.94. The molecule has 2 aromatic rings. The Hall–Kier alpha value is -1.87. The molecule has 19 heavy (non-hydrogen) atoms. The molecule has 0 fully saturated rings. The van der Waals surface area contributed by atoms with Crippen LogP contribution < -0.4 is 0 Å². The van der Waals surface area contributed by atoms with Crippen LogP contribution in [0, 0.1) is 0 Å². The van der Waals surface area contributed by atoms with Crippen LogP contribution in [0.1, 0.15) is 20.8 Å². The number of nitrogens with zero attached hydrogens (tertiary/aromatic N) is 3. The lowest BCUT2D eigenvalue weighted by Crippen LogP contribution is -1.94. The van der Waals surface area contributed by atoms with Gasteiger partial charge >= 0.3 is 0 Å². The van der Waals surface area contributed by atoms with Crippen molar-refractivity contribution in [3.8, 4) is 0 Å². The maximum Gasteiger partial charge on any atom is 0.224 e. The SMILES string of the molecule is C=C/C(=C\C=C/C)n1ccc2cnc(Cl)nc21.CC. The van der Waals surface area contributed by atoms with E-state index in [9.17, 15) is 0 Å². The van der Waals surface area contributed by atoms with Crippen LogP contribution in [0.4, 0.5) is 0 Å². The number of fused-ring (bicyclic) bond motifs is 1. The molecule has 0 bridgehead atoms. The molecule has 0 radical (unpaired) electrons. The Morgan fingerprint density at radius 1 is 1.42 bits per heavy atom. The van der Waals surface area contributed by atoms with Crippen LogP contribution in [0.5, 0.6) is 0 Å². The van der Waals surface area contributed by atoms with Crippen molar-refractivity contribution in [2.45, 2.75) is 20.8 Å². The van der Waals surface area contributed by atoms with E-state index in [1.807, 2.05) is 55.8 Å². The highest BCUT2D eigenvalue weighted by Gasteiger charge is 2.05. The molecule has 0 aromatic carbocycles. The van der Waals surface area contributed by atoms with E-state index < -0.39 is 0 Å². The zero-order valence-corrected chi connectivity index (χ0v) is 12.2. The van der Waals surface area contributed by atoms with Crippen LogP contribution in [0.15, 0.2) is 49.3 Å². The molecule has 0 atom stereocenters. The third-order valence-corrected chi connectivity index (χ3v) is 2.53. The number of aromatic nitrogens is 3. The molecule has 100 valence electrons. The van der Waals surface area contributed by atoms with Crippen LogP contribution in [-0.2, 0) is 0 Å². The average molecular weight is 276 g/mol. The monoisotopic (exact) mass is 275 g/mol. The summed E-state index contributed by atoms with van der Waals surface area (Å²) in [5.41, 5.74) is 1.72. The highest BCUT2D eigenvalue weighted by molar-refractivity contribution is 6.28. The molecule has 0 N–H and O–H groups in total. The largest absolute Gasteiger partial charge is 0.301 e. The van der Waals surface area contributed by atoms with Crippen molar-refractivity contribution in [2.24, 2.45) is 0 Å². The van der Waals surface area contributed by atoms with Gasteiger partial charge < -0.3 is 4.57 Å². The van der Waals surface area contributed by atoms with E-state index in [1.165, 1.54) is 0 Å². The molecule has 0 aliphatic carbocycles.